The van der Waals surface area contributed by atoms with Crippen molar-refractivity contribution in [1.29, 1.82) is 0 Å². The fraction of sp³-hybridized carbons (Fsp3) is 0.100. The highest BCUT2D eigenvalue weighted by atomic mass is 79.9. The third kappa shape index (κ3) is 1.51. The van der Waals surface area contributed by atoms with Crippen LogP contribution in [-0.4, -0.2) is 4.98 Å². The quantitative estimate of drug-likeness (QED) is 0.715. The van der Waals surface area contributed by atoms with Crippen LogP contribution < -0.4 is 0 Å². The lowest BCUT2D eigenvalue weighted by molar-refractivity contribution is 1.35. The Balaban J connectivity index is 3.00. The zero-order valence-corrected chi connectivity index (χ0v) is 10.2. The summed E-state index contributed by atoms with van der Waals surface area (Å²) in [5, 5.41) is 1.14. The van der Waals surface area contributed by atoms with Crippen LogP contribution >= 0.6 is 31.9 Å². The predicted molar refractivity (Wildman–Crippen MR) is 61.9 cm³/mol. The Morgan fingerprint density at radius 3 is 2.46 bits per heavy atom. The Morgan fingerprint density at radius 1 is 1.08 bits per heavy atom. The van der Waals surface area contributed by atoms with Gasteiger partial charge in [0.1, 0.15) is 0 Å². The molecule has 2 aromatic rings. The molecule has 0 radical (unpaired) electrons. The molecule has 0 amide bonds. The van der Waals surface area contributed by atoms with Crippen LogP contribution in [0.3, 0.4) is 0 Å². The topological polar surface area (TPSA) is 12.9 Å². The second-order valence-electron chi connectivity index (χ2n) is 2.88. The first-order chi connectivity index (χ1) is 6.20. The number of pyridine rings is 1. The summed E-state index contributed by atoms with van der Waals surface area (Å²) in [5.41, 5.74) is 2.24. The Hall–Kier alpha value is -0.410. The monoisotopic (exact) mass is 299 g/mol. The van der Waals surface area contributed by atoms with E-state index in [9.17, 15) is 0 Å². The second kappa shape index (κ2) is 3.39. The summed E-state index contributed by atoms with van der Waals surface area (Å²) in [6.45, 7) is 2.06. The van der Waals surface area contributed by atoms with Gasteiger partial charge in [0.25, 0.3) is 0 Å². The van der Waals surface area contributed by atoms with Gasteiger partial charge in [0, 0.05) is 20.5 Å². The maximum absolute atomic E-state index is 4.34. The van der Waals surface area contributed by atoms with Crippen molar-refractivity contribution in [2.24, 2.45) is 0 Å². The zero-order chi connectivity index (χ0) is 9.42. The lowest BCUT2D eigenvalue weighted by atomic mass is 10.1. The van der Waals surface area contributed by atoms with E-state index >= 15 is 0 Å². The zero-order valence-electron chi connectivity index (χ0n) is 7.01. The van der Waals surface area contributed by atoms with E-state index in [1.54, 1.807) is 0 Å². The molecule has 0 aliphatic heterocycles. The highest BCUT2D eigenvalue weighted by molar-refractivity contribution is 9.11. The van der Waals surface area contributed by atoms with Crippen molar-refractivity contribution in [3.63, 3.8) is 0 Å². The van der Waals surface area contributed by atoms with Crippen molar-refractivity contribution >= 4 is 42.8 Å². The van der Waals surface area contributed by atoms with Crippen LogP contribution in [0.1, 0.15) is 5.56 Å². The van der Waals surface area contributed by atoms with E-state index < -0.39 is 0 Å². The van der Waals surface area contributed by atoms with Crippen LogP contribution in [-0.2, 0) is 0 Å². The van der Waals surface area contributed by atoms with Gasteiger partial charge in [0.2, 0.25) is 0 Å². The minimum atomic E-state index is 1.05. The van der Waals surface area contributed by atoms with Crippen molar-refractivity contribution in [3.05, 3.63) is 38.9 Å². The smallest absolute Gasteiger partial charge is 0.0753 e. The maximum Gasteiger partial charge on any atom is 0.0753 e. The van der Waals surface area contributed by atoms with Crippen LogP contribution in [0.5, 0.6) is 0 Å². The summed E-state index contributed by atoms with van der Waals surface area (Å²) < 4.78 is 2.15. The van der Waals surface area contributed by atoms with Gasteiger partial charge in [-0.3, -0.25) is 4.98 Å². The molecule has 0 saturated heterocycles. The Labute approximate surface area is 93.4 Å². The standard InChI is InChI=1S/C10H7Br2N/c1-6-2-3-7(11)9-8(12)4-5-13-10(6)9/h2-5H,1H3. The molecule has 1 heterocycles. The van der Waals surface area contributed by atoms with Crippen LogP contribution in [0.25, 0.3) is 10.9 Å². The lowest BCUT2D eigenvalue weighted by Gasteiger charge is -2.04. The van der Waals surface area contributed by atoms with Crippen LogP contribution in [0, 0.1) is 6.92 Å². The number of nitrogens with zero attached hydrogens (tertiary/aromatic N) is 1. The molecule has 0 atom stereocenters. The lowest BCUT2D eigenvalue weighted by Crippen LogP contribution is -1.84. The molecule has 1 aromatic carbocycles. The van der Waals surface area contributed by atoms with Crippen molar-refractivity contribution in [1.82, 2.24) is 4.98 Å². The van der Waals surface area contributed by atoms with E-state index in [2.05, 4.69) is 49.8 Å². The van der Waals surface area contributed by atoms with Gasteiger partial charge in [-0.1, -0.05) is 37.9 Å². The number of aromatic nitrogens is 1. The van der Waals surface area contributed by atoms with E-state index in [-0.39, 0.29) is 0 Å². The number of benzene rings is 1. The van der Waals surface area contributed by atoms with Gasteiger partial charge in [0.15, 0.2) is 0 Å². The van der Waals surface area contributed by atoms with Gasteiger partial charge < -0.3 is 0 Å². The first-order valence-electron chi connectivity index (χ1n) is 3.89. The predicted octanol–water partition coefficient (Wildman–Crippen LogP) is 4.07. The van der Waals surface area contributed by atoms with Crippen molar-refractivity contribution in [2.75, 3.05) is 0 Å². The van der Waals surface area contributed by atoms with E-state index in [4.69, 9.17) is 0 Å². The van der Waals surface area contributed by atoms with Crippen molar-refractivity contribution < 1.29 is 0 Å². The molecule has 0 aliphatic carbocycles. The molecule has 1 nitrogen and oxygen atoms in total. The van der Waals surface area contributed by atoms with Crippen LogP contribution in [0.15, 0.2) is 33.3 Å². The first-order valence-corrected chi connectivity index (χ1v) is 5.48. The van der Waals surface area contributed by atoms with Gasteiger partial charge in [-0.05, 0) is 24.6 Å². The number of halogens is 2. The van der Waals surface area contributed by atoms with E-state index in [0.717, 1.165) is 19.8 Å². The Kier molecular flexibility index (Phi) is 2.39. The molecule has 0 N–H and O–H groups in total. The molecule has 0 bridgehead atoms. The number of aryl methyl sites for hydroxylation is 1. The highest BCUT2D eigenvalue weighted by Gasteiger charge is 2.05. The van der Waals surface area contributed by atoms with Gasteiger partial charge >= 0.3 is 0 Å². The Bertz CT molecular complexity index is 457. The molecular formula is C10H7Br2N. The SMILES string of the molecule is Cc1ccc(Br)c2c(Br)ccnc12. The highest BCUT2D eigenvalue weighted by Crippen LogP contribution is 2.30. The van der Waals surface area contributed by atoms with E-state index in [1.165, 1.54) is 5.56 Å². The fourth-order valence-electron chi connectivity index (χ4n) is 1.32. The summed E-state index contributed by atoms with van der Waals surface area (Å²) in [6, 6.07) is 6.06. The third-order valence-electron chi connectivity index (χ3n) is 1.99. The van der Waals surface area contributed by atoms with E-state index in [0.29, 0.717) is 0 Å². The van der Waals surface area contributed by atoms with Crippen LogP contribution in [0.2, 0.25) is 0 Å². The van der Waals surface area contributed by atoms with Gasteiger partial charge in [-0.15, -0.1) is 0 Å². The molecule has 0 spiro atoms. The van der Waals surface area contributed by atoms with Crippen molar-refractivity contribution in [3.8, 4) is 0 Å². The molecule has 0 unspecified atom stereocenters. The third-order valence-corrected chi connectivity index (χ3v) is 3.31. The van der Waals surface area contributed by atoms with Gasteiger partial charge in [-0.25, -0.2) is 0 Å². The number of rotatable bonds is 0. The number of hydrogen-bond donors (Lipinski definition) is 0. The molecule has 3 heteroatoms. The summed E-state index contributed by atoms with van der Waals surface area (Å²) >= 11 is 7.02. The van der Waals surface area contributed by atoms with E-state index in [1.807, 2.05) is 18.3 Å². The van der Waals surface area contributed by atoms with Gasteiger partial charge in [-0.2, -0.15) is 0 Å². The summed E-state index contributed by atoms with van der Waals surface area (Å²) in [6.07, 6.45) is 1.81. The number of fused-ring (bicyclic) bond motifs is 1. The molecule has 2 rings (SSSR count). The summed E-state index contributed by atoms with van der Waals surface area (Å²) in [4.78, 5) is 4.34. The largest absolute Gasteiger partial charge is 0.256 e. The van der Waals surface area contributed by atoms with Gasteiger partial charge in [0.05, 0.1) is 5.52 Å². The minimum Gasteiger partial charge on any atom is -0.256 e. The summed E-state index contributed by atoms with van der Waals surface area (Å²) in [7, 11) is 0. The normalized spacial score (nSPS) is 10.7. The molecule has 0 aliphatic rings. The number of hydrogen-bond acceptors (Lipinski definition) is 1. The fourth-order valence-corrected chi connectivity index (χ4v) is 2.64. The second-order valence-corrected chi connectivity index (χ2v) is 4.59. The maximum atomic E-state index is 4.34. The van der Waals surface area contributed by atoms with Crippen LogP contribution in [0.4, 0.5) is 0 Å². The molecule has 0 saturated carbocycles. The first kappa shape index (κ1) is 9.16. The Morgan fingerprint density at radius 2 is 1.77 bits per heavy atom. The molecule has 0 fully saturated rings. The molecule has 1 aromatic heterocycles. The average molecular weight is 301 g/mol. The average Bonchev–Trinajstić information content (AvgIpc) is 2.12. The molecule has 66 valence electrons. The molecular weight excluding hydrogens is 294 g/mol. The van der Waals surface area contributed by atoms with Crippen molar-refractivity contribution in [2.45, 2.75) is 6.92 Å². The molecule has 13 heavy (non-hydrogen) atoms. The minimum absolute atomic E-state index is 1.05. The summed E-state index contributed by atoms with van der Waals surface area (Å²) in [5.74, 6) is 0.